The standard InChI is InChI=1S/C14H20N4S/c1-3-7-18-9-10(8-16-18)14-17-13-11(15-2)5-4-6-12(13)19-14/h8-9,11,15H,3-7H2,1-2H3. The van der Waals surface area contributed by atoms with Crippen LogP contribution in [-0.4, -0.2) is 21.8 Å². The molecule has 2 aromatic heterocycles. The Labute approximate surface area is 117 Å². The summed E-state index contributed by atoms with van der Waals surface area (Å²) >= 11 is 1.83. The largest absolute Gasteiger partial charge is 0.312 e. The van der Waals surface area contributed by atoms with Gasteiger partial charge in [-0.25, -0.2) is 4.98 Å². The summed E-state index contributed by atoms with van der Waals surface area (Å²) in [6.07, 6.45) is 8.79. The maximum Gasteiger partial charge on any atom is 0.127 e. The molecule has 5 heteroatoms. The molecule has 0 saturated carbocycles. The van der Waals surface area contributed by atoms with Crippen molar-refractivity contribution in [1.29, 1.82) is 0 Å². The first-order chi connectivity index (χ1) is 9.31. The molecule has 4 nitrogen and oxygen atoms in total. The Bertz CT molecular complexity index is 558. The van der Waals surface area contributed by atoms with E-state index < -0.39 is 0 Å². The van der Waals surface area contributed by atoms with Crippen molar-refractivity contribution in [3.8, 4) is 10.6 Å². The molecule has 3 rings (SSSR count). The summed E-state index contributed by atoms with van der Waals surface area (Å²) in [6.45, 7) is 3.14. The minimum Gasteiger partial charge on any atom is -0.312 e. The van der Waals surface area contributed by atoms with Gasteiger partial charge in [0.1, 0.15) is 5.01 Å². The highest BCUT2D eigenvalue weighted by atomic mass is 32.1. The molecule has 2 aromatic rings. The van der Waals surface area contributed by atoms with Crippen molar-refractivity contribution in [3.63, 3.8) is 0 Å². The molecule has 0 saturated heterocycles. The fourth-order valence-electron chi connectivity index (χ4n) is 2.65. The lowest BCUT2D eigenvalue weighted by atomic mass is 9.98. The summed E-state index contributed by atoms with van der Waals surface area (Å²) in [5, 5.41) is 8.89. The van der Waals surface area contributed by atoms with Crippen molar-refractivity contribution in [3.05, 3.63) is 23.0 Å². The third-order valence-corrected chi connectivity index (χ3v) is 4.82. The van der Waals surface area contributed by atoms with Gasteiger partial charge in [0.15, 0.2) is 0 Å². The van der Waals surface area contributed by atoms with Gasteiger partial charge in [-0.3, -0.25) is 4.68 Å². The van der Waals surface area contributed by atoms with Crippen LogP contribution < -0.4 is 5.32 Å². The van der Waals surface area contributed by atoms with Crippen LogP contribution in [0.1, 0.15) is 42.8 Å². The quantitative estimate of drug-likeness (QED) is 0.933. The van der Waals surface area contributed by atoms with Crippen LogP contribution in [0.15, 0.2) is 12.4 Å². The number of nitrogens with one attached hydrogen (secondary N) is 1. The molecular formula is C14H20N4S. The molecule has 0 fully saturated rings. The average molecular weight is 276 g/mol. The number of thiazole rings is 1. The van der Waals surface area contributed by atoms with E-state index in [0.29, 0.717) is 6.04 Å². The molecule has 2 heterocycles. The molecule has 102 valence electrons. The lowest BCUT2D eigenvalue weighted by Gasteiger charge is -2.19. The predicted molar refractivity (Wildman–Crippen MR) is 78.4 cm³/mol. The van der Waals surface area contributed by atoms with Gasteiger partial charge in [0.05, 0.1) is 17.9 Å². The summed E-state index contributed by atoms with van der Waals surface area (Å²) in [4.78, 5) is 6.30. The van der Waals surface area contributed by atoms with Crippen LogP contribution in [0.5, 0.6) is 0 Å². The smallest absolute Gasteiger partial charge is 0.127 e. The Morgan fingerprint density at radius 3 is 3.21 bits per heavy atom. The number of aromatic nitrogens is 3. The zero-order chi connectivity index (χ0) is 13.2. The highest BCUT2D eigenvalue weighted by Gasteiger charge is 2.24. The van der Waals surface area contributed by atoms with Gasteiger partial charge < -0.3 is 5.32 Å². The maximum absolute atomic E-state index is 4.85. The van der Waals surface area contributed by atoms with Crippen molar-refractivity contribution < 1.29 is 0 Å². The molecule has 19 heavy (non-hydrogen) atoms. The summed E-state index contributed by atoms with van der Waals surface area (Å²) in [6, 6.07) is 0.430. The van der Waals surface area contributed by atoms with Crippen LogP contribution in [0.25, 0.3) is 10.6 Å². The van der Waals surface area contributed by atoms with E-state index in [1.807, 2.05) is 29.3 Å². The number of rotatable bonds is 4. The van der Waals surface area contributed by atoms with Crippen LogP contribution in [0.4, 0.5) is 0 Å². The van der Waals surface area contributed by atoms with Gasteiger partial charge in [0.25, 0.3) is 0 Å². The summed E-state index contributed by atoms with van der Waals surface area (Å²) in [5.41, 5.74) is 2.42. The van der Waals surface area contributed by atoms with Crippen LogP contribution in [0.3, 0.4) is 0 Å². The Kier molecular flexibility index (Phi) is 3.66. The van der Waals surface area contributed by atoms with Gasteiger partial charge in [0.2, 0.25) is 0 Å². The van der Waals surface area contributed by atoms with E-state index in [0.717, 1.165) is 23.5 Å². The number of hydrogen-bond donors (Lipinski definition) is 1. The molecule has 1 aliphatic rings. The van der Waals surface area contributed by atoms with E-state index in [2.05, 4.69) is 23.5 Å². The van der Waals surface area contributed by atoms with E-state index in [1.54, 1.807) is 0 Å². The van der Waals surface area contributed by atoms with Gasteiger partial charge in [-0.2, -0.15) is 5.10 Å². The van der Waals surface area contributed by atoms with Crippen LogP contribution in [0, 0.1) is 0 Å². The first-order valence-electron chi connectivity index (χ1n) is 7.01. The van der Waals surface area contributed by atoms with Crippen molar-refractivity contribution in [2.75, 3.05) is 7.05 Å². The Morgan fingerprint density at radius 1 is 1.53 bits per heavy atom. The monoisotopic (exact) mass is 276 g/mol. The number of hydrogen-bond acceptors (Lipinski definition) is 4. The van der Waals surface area contributed by atoms with Crippen LogP contribution in [-0.2, 0) is 13.0 Å². The normalized spacial score (nSPS) is 18.5. The Hall–Kier alpha value is -1.20. The molecule has 0 spiro atoms. The predicted octanol–water partition coefficient (Wildman–Crippen LogP) is 3.01. The highest BCUT2D eigenvalue weighted by Crippen LogP contribution is 2.36. The van der Waals surface area contributed by atoms with Crippen molar-refractivity contribution >= 4 is 11.3 Å². The van der Waals surface area contributed by atoms with Crippen molar-refractivity contribution in [2.24, 2.45) is 0 Å². The van der Waals surface area contributed by atoms with Gasteiger partial charge in [-0.15, -0.1) is 11.3 Å². The van der Waals surface area contributed by atoms with Gasteiger partial charge in [-0.1, -0.05) is 6.92 Å². The third kappa shape index (κ3) is 2.44. The topological polar surface area (TPSA) is 42.7 Å². The number of nitrogens with zero attached hydrogens (tertiary/aromatic N) is 3. The Balaban J connectivity index is 1.91. The van der Waals surface area contributed by atoms with E-state index in [4.69, 9.17) is 4.98 Å². The van der Waals surface area contributed by atoms with Crippen LogP contribution >= 0.6 is 11.3 Å². The van der Waals surface area contributed by atoms with E-state index in [9.17, 15) is 0 Å². The highest BCUT2D eigenvalue weighted by molar-refractivity contribution is 7.15. The molecule has 1 aliphatic carbocycles. The molecule has 1 unspecified atom stereocenters. The SMILES string of the molecule is CCCn1cc(-c2nc3c(s2)CCCC3NC)cn1. The zero-order valence-corrected chi connectivity index (χ0v) is 12.3. The fourth-order valence-corrected chi connectivity index (χ4v) is 3.79. The van der Waals surface area contributed by atoms with Crippen molar-refractivity contribution in [1.82, 2.24) is 20.1 Å². The second kappa shape index (κ2) is 5.43. The number of aryl methyl sites for hydroxylation is 2. The molecule has 0 bridgehead atoms. The first kappa shape index (κ1) is 12.8. The number of fused-ring (bicyclic) bond motifs is 1. The molecule has 0 amide bonds. The zero-order valence-electron chi connectivity index (χ0n) is 11.5. The molecule has 1 N–H and O–H groups in total. The fraction of sp³-hybridized carbons (Fsp3) is 0.571. The first-order valence-corrected chi connectivity index (χ1v) is 7.83. The van der Waals surface area contributed by atoms with Gasteiger partial charge in [-0.05, 0) is 32.7 Å². The minimum absolute atomic E-state index is 0.430. The molecule has 0 aromatic carbocycles. The lowest BCUT2D eigenvalue weighted by Crippen LogP contribution is -2.21. The second-order valence-corrected chi connectivity index (χ2v) is 6.14. The van der Waals surface area contributed by atoms with E-state index in [-0.39, 0.29) is 0 Å². The summed E-state index contributed by atoms with van der Waals surface area (Å²) in [5.74, 6) is 0. The Morgan fingerprint density at radius 2 is 2.42 bits per heavy atom. The van der Waals surface area contributed by atoms with Gasteiger partial charge >= 0.3 is 0 Å². The molecular weight excluding hydrogens is 256 g/mol. The summed E-state index contributed by atoms with van der Waals surface area (Å²) < 4.78 is 2.01. The van der Waals surface area contributed by atoms with E-state index >= 15 is 0 Å². The minimum atomic E-state index is 0.430. The average Bonchev–Trinajstić information content (AvgIpc) is 3.04. The van der Waals surface area contributed by atoms with Crippen molar-refractivity contribution in [2.45, 2.75) is 45.2 Å². The molecule has 0 aliphatic heterocycles. The van der Waals surface area contributed by atoms with Crippen LogP contribution in [0.2, 0.25) is 0 Å². The third-order valence-electron chi connectivity index (χ3n) is 3.64. The van der Waals surface area contributed by atoms with E-state index in [1.165, 1.54) is 29.8 Å². The lowest BCUT2D eigenvalue weighted by molar-refractivity contribution is 0.490. The molecule has 0 radical (unpaired) electrons. The molecule has 1 atom stereocenters. The maximum atomic E-state index is 4.85. The second-order valence-electron chi connectivity index (χ2n) is 5.05. The van der Waals surface area contributed by atoms with Gasteiger partial charge in [0, 0.05) is 23.2 Å². The summed E-state index contributed by atoms with van der Waals surface area (Å²) in [7, 11) is 2.03.